The van der Waals surface area contributed by atoms with Crippen molar-refractivity contribution in [3.8, 4) is 11.3 Å². The number of aromatic nitrogens is 1. The number of carbonyl (C=O) groups is 1. The summed E-state index contributed by atoms with van der Waals surface area (Å²) >= 11 is 0. The number of hydrogen-bond donors (Lipinski definition) is 1. The number of aryl methyl sites for hydroxylation is 1. The average molecular weight is 324 g/mol. The molecule has 3 aromatic rings. The normalized spacial score (nSPS) is 10.6. The fourth-order valence-electron chi connectivity index (χ4n) is 2.54. The van der Waals surface area contributed by atoms with Crippen LogP contribution < -0.4 is 5.73 Å². The van der Waals surface area contributed by atoms with Gasteiger partial charge in [-0.25, -0.2) is 8.78 Å². The average Bonchev–Trinajstić information content (AvgIpc) is 2.55. The Morgan fingerprint density at radius 1 is 1.04 bits per heavy atom. The number of nitrogens with two attached hydrogens (primary N) is 1. The standard InChI is InChI=1S/C19H14F2N2O/c1-11-4-2-5-12(10-11)19(24)13-8-9-23-18(17(13)22)16-14(20)6-3-7-15(16)21/h2-10H,22H2,1H3. The van der Waals surface area contributed by atoms with Crippen molar-refractivity contribution in [2.75, 3.05) is 5.73 Å². The minimum Gasteiger partial charge on any atom is -0.396 e. The second-order valence-electron chi connectivity index (χ2n) is 5.42. The van der Waals surface area contributed by atoms with E-state index >= 15 is 0 Å². The van der Waals surface area contributed by atoms with E-state index < -0.39 is 11.6 Å². The molecule has 0 atom stereocenters. The van der Waals surface area contributed by atoms with E-state index in [2.05, 4.69) is 4.98 Å². The quantitative estimate of drug-likeness (QED) is 0.736. The van der Waals surface area contributed by atoms with Gasteiger partial charge in [-0.1, -0.05) is 29.8 Å². The highest BCUT2D eigenvalue weighted by molar-refractivity contribution is 6.13. The van der Waals surface area contributed by atoms with Gasteiger partial charge in [0.25, 0.3) is 0 Å². The fourth-order valence-corrected chi connectivity index (χ4v) is 2.54. The molecule has 3 rings (SSSR count). The van der Waals surface area contributed by atoms with Crippen molar-refractivity contribution < 1.29 is 13.6 Å². The van der Waals surface area contributed by atoms with Gasteiger partial charge in [-0.2, -0.15) is 0 Å². The van der Waals surface area contributed by atoms with Gasteiger partial charge in [0.1, 0.15) is 11.6 Å². The van der Waals surface area contributed by atoms with Gasteiger partial charge in [0.2, 0.25) is 0 Å². The van der Waals surface area contributed by atoms with Crippen LogP contribution in [-0.2, 0) is 0 Å². The van der Waals surface area contributed by atoms with Gasteiger partial charge in [-0.05, 0) is 31.2 Å². The topological polar surface area (TPSA) is 56.0 Å². The Kier molecular flexibility index (Phi) is 4.08. The van der Waals surface area contributed by atoms with Crippen molar-refractivity contribution in [3.63, 3.8) is 0 Å². The van der Waals surface area contributed by atoms with E-state index in [0.29, 0.717) is 5.56 Å². The van der Waals surface area contributed by atoms with Crippen LogP contribution in [0, 0.1) is 18.6 Å². The van der Waals surface area contributed by atoms with E-state index in [1.807, 2.05) is 13.0 Å². The van der Waals surface area contributed by atoms with E-state index in [1.165, 1.54) is 18.3 Å². The monoisotopic (exact) mass is 324 g/mol. The van der Waals surface area contributed by atoms with Crippen LogP contribution in [0.25, 0.3) is 11.3 Å². The first-order valence-electron chi connectivity index (χ1n) is 7.29. The molecule has 24 heavy (non-hydrogen) atoms. The lowest BCUT2D eigenvalue weighted by Crippen LogP contribution is -2.08. The molecule has 0 saturated heterocycles. The summed E-state index contributed by atoms with van der Waals surface area (Å²) in [6.45, 7) is 1.87. The van der Waals surface area contributed by atoms with Gasteiger partial charge in [0.15, 0.2) is 5.78 Å². The summed E-state index contributed by atoms with van der Waals surface area (Å²) in [7, 11) is 0. The van der Waals surface area contributed by atoms with Gasteiger partial charge in [0, 0.05) is 17.3 Å². The molecule has 0 radical (unpaired) electrons. The number of nitrogen functional groups attached to an aromatic ring is 1. The maximum absolute atomic E-state index is 14.0. The van der Waals surface area contributed by atoms with Gasteiger partial charge < -0.3 is 5.73 Å². The second kappa shape index (κ2) is 6.20. The Bertz CT molecular complexity index is 918. The van der Waals surface area contributed by atoms with Crippen LogP contribution in [0.1, 0.15) is 21.5 Å². The van der Waals surface area contributed by atoms with Gasteiger partial charge in [-0.15, -0.1) is 0 Å². The maximum atomic E-state index is 14.0. The molecule has 0 bridgehead atoms. The summed E-state index contributed by atoms with van der Waals surface area (Å²) in [5.41, 5.74) is 7.08. The molecule has 0 saturated carbocycles. The molecule has 0 fully saturated rings. The van der Waals surface area contributed by atoms with E-state index in [4.69, 9.17) is 5.73 Å². The summed E-state index contributed by atoms with van der Waals surface area (Å²) in [5.74, 6) is -1.89. The lowest BCUT2D eigenvalue weighted by atomic mass is 9.98. The van der Waals surface area contributed by atoms with Crippen LogP contribution in [0.15, 0.2) is 54.7 Å². The number of rotatable bonds is 3. The number of pyridine rings is 1. The minimum atomic E-state index is -0.783. The Balaban J connectivity index is 2.14. The molecule has 2 N–H and O–H groups in total. The number of ketones is 1. The van der Waals surface area contributed by atoms with Crippen LogP contribution in [0.2, 0.25) is 0 Å². The lowest BCUT2D eigenvalue weighted by molar-refractivity contribution is 0.103. The van der Waals surface area contributed by atoms with E-state index in [-0.39, 0.29) is 28.3 Å². The summed E-state index contributed by atoms with van der Waals surface area (Å²) in [5, 5.41) is 0. The molecular formula is C19H14F2N2O. The van der Waals surface area contributed by atoms with Crippen molar-refractivity contribution in [3.05, 3.63) is 83.1 Å². The highest BCUT2D eigenvalue weighted by atomic mass is 19.1. The third kappa shape index (κ3) is 2.76. The van der Waals surface area contributed by atoms with Gasteiger partial charge in [-0.3, -0.25) is 9.78 Å². The number of hydrogen-bond acceptors (Lipinski definition) is 3. The largest absolute Gasteiger partial charge is 0.396 e. The molecule has 120 valence electrons. The predicted octanol–water partition coefficient (Wildman–Crippen LogP) is 4.15. The minimum absolute atomic E-state index is 0.0481. The molecule has 0 unspecified atom stereocenters. The number of nitrogens with zero attached hydrogens (tertiary/aromatic N) is 1. The molecule has 1 aromatic heterocycles. The molecular weight excluding hydrogens is 310 g/mol. The van der Waals surface area contributed by atoms with Gasteiger partial charge >= 0.3 is 0 Å². The Hall–Kier alpha value is -3.08. The molecule has 0 amide bonds. The number of carbonyl (C=O) groups excluding carboxylic acids is 1. The lowest BCUT2D eigenvalue weighted by Gasteiger charge is -2.11. The van der Waals surface area contributed by atoms with E-state index in [1.54, 1.807) is 18.2 Å². The molecule has 5 heteroatoms. The highest BCUT2D eigenvalue weighted by Crippen LogP contribution is 2.31. The third-order valence-corrected chi connectivity index (χ3v) is 3.71. The Morgan fingerprint density at radius 2 is 1.71 bits per heavy atom. The van der Waals surface area contributed by atoms with Crippen molar-refractivity contribution in [2.45, 2.75) is 6.92 Å². The van der Waals surface area contributed by atoms with Crippen molar-refractivity contribution in [1.82, 2.24) is 4.98 Å². The molecule has 0 aliphatic carbocycles. The maximum Gasteiger partial charge on any atom is 0.195 e. The van der Waals surface area contributed by atoms with Gasteiger partial charge in [0.05, 0.1) is 16.9 Å². The molecule has 0 aliphatic rings. The molecule has 2 aromatic carbocycles. The number of benzene rings is 2. The first kappa shape index (κ1) is 15.8. The smallest absolute Gasteiger partial charge is 0.195 e. The van der Waals surface area contributed by atoms with Crippen molar-refractivity contribution >= 4 is 11.5 Å². The number of halogens is 2. The first-order valence-corrected chi connectivity index (χ1v) is 7.29. The highest BCUT2D eigenvalue weighted by Gasteiger charge is 2.20. The van der Waals surface area contributed by atoms with Crippen LogP contribution in [0.5, 0.6) is 0 Å². The summed E-state index contributed by atoms with van der Waals surface area (Å²) in [6, 6.07) is 12.0. The SMILES string of the molecule is Cc1cccc(C(=O)c2ccnc(-c3c(F)cccc3F)c2N)c1. The zero-order chi connectivity index (χ0) is 17.3. The summed E-state index contributed by atoms with van der Waals surface area (Å²) < 4.78 is 28.0. The first-order chi connectivity index (χ1) is 11.5. The van der Waals surface area contributed by atoms with Crippen LogP contribution >= 0.6 is 0 Å². The Labute approximate surface area is 137 Å². The van der Waals surface area contributed by atoms with Crippen LogP contribution in [0.4, 0.5) is 14.5 Å². The van der Waals surface area contributed by atoms with E-state index in [0.717, 1.165) is 17.7 Å². The molecule has 0 aliphatic heterocycles. The fraction of sp³-hybridized carbons (Fsp3) is 0.0526. The second-order valence-corrected chi connectivity index (χ2v) is 5.42. The van der Waals surface area contributed by atoms with E-state index in [9.17, 15) is 13.6 Å². The zero-order valence-electron chi connectivity index (χ0n) is 12.9. The van der Waals surface area contributed by atoms with Crippen molar-refractivity contribution in [1.29, 1.82) is 0 Å². The zero-order valence-corrected chi connectivity index (χ0v) is 12.9. The molecule has 3 nitrogen and oxygen atoms in total. The summed E-state index contributed by atoms with van der Waals surface area (Å²) in [6.07, 6.45) is 1.32. The predicted molar refractivity (Wildman–Crippen MR) is 88.6 cm³/mol. The molecule has 0 spiro atoms. The summed E-state index contributed by atoms with van der Waals surface area (Å²) in [4.78, 5) is 16.6. The van der Waals surface area contributed by atoms with Crippen LogP contribution in [-0.4, -0.2) is 10.8 Å². The molecule has 1 heterocycles. The third-order valence-electron chi connectivity index (χ3n) is 3.71. The number of anilines is 1. The van der Waals surface area contributed by atoms with Crippen LogP contribution in [0.3, 0.4) is 0 Å². The Morgan fingerprint density at radius 3 is 2.38 bits per heavy atom. The van der Waals surface area contributed by atoms with Crippen molar-refractivity contribution in [2.24, 2.45) is 0 Å².